The van der Waals surface area contributed by atoms with Gasteiger partial charge in [0.2, 0.25) is 0 Å². The van der Waals surface area contributed by atoms with E-state index in [-0.39, 0.29) is 4.21 Å². The number of aryl methyl sites for hydroxylation is 1. The molecule has 19 heavy (non-hydrogen) atoms. The first kappa shape index (κ1) is 14.5. The van der Waals surface area contributed by atoms with Crippen LogP contribution in [0, 0.1) is 6.92 Å². The number of nitrogens with one attached hydrogen (secondary N) is 1. The van der Waals surface area contributed by atoms with Gasteiger partial charge in [0.15, 0.2) is 0 Å². The van der Waals surface area contributed by atoms with E-state index in [0.717, 1.165) is 15.6 Å². The Kier molecular flexibility index (Phi) is 4.29. The van der Waals surface area contributed by atoms with Crippen LogP contribution in [0.2, 0.25) is 0 Å². The van der Waals surface area contributed by atoms with Crippen LogP contribution in [0.1, 0.15) is 11.1 Å². The first-order valence-electron chi connectivity index (χ1n) is 5.49. The third-order valence-electron chi connectivity index (χ3n) is 2.54. The van der Waals surface area contributed by atoms with Crippen LogP contribution in [0.4, 0.5) is 5.69 Å². The number of hydrogen-bond donors (Lipinski definition) is 2. The minimum atomic E-state index is -3.53. The number of anilines is 1. The van der Waals surface area contributed by atoms with Crippen molar-refractivity contribution in [2.75, 3.05) is 4.72 Å². The van der Waals surface area contributed by atoms with Gasteiger partial charge >= 0.3 is 0 Å². The summed E-state index contributed by atoms with van der Waals surface area (Å²) in [6, 6.07) is 6.90. The van der Waals surface area contributed by atoms with Crippen LogP contribution in [0.15, 0.2) is 38.3 Å². The highest BCUT2D eigenvalue weighted by molar-refractivity contribution is 9.10. The van der Waals surface area contributed by atoms with E-state index < -0.39 is 10.0 Å². The van der Waals surface area contributed by atoms with Crippen LogP contribution in [0.5, 0.6) is 0 Å². The predicted octanol–water partition coefficient (Wildman–Crippen LogP) is 3.08. The summed E-state index contributed by atoms with van der Waals surface area (Å²) >= 11 is 4.55. The van der Waals surface area contributed by atoms with Crippen molar-refractivity contribution in [2.45, 2.75) is 17.7 Å². The molecule has 102 valence electrons. The Morgan fingerprint density at radius 3 is 2.68 bits per heavy atom. The van der Waals surface area contributed by atoms with Gasteiger partial charge in [-0.15, -0.1) is 11.3 Å². The number of halogens is 1. The van der Waals surface area contributed by atoms with Gasteiger partial charge in [0.1, 0.15) is 4.21 Å². The summed E-state index contributed by atoms with van der Waals surface area (Å²) in [4.78, 5) is 0. The highest BCUT2D eigenvalue weighted by Crippen LogP contribution is 2.25. The van der Waals surface area contributed by atoms with Crippen molar-refractivity contribution in [3.05, 3.63) is 45.2 Å². The molecule has 4 nitrogen and oxygen atoms in total. The summed E-state index contributed by atoms with van der Waals surface area (Å²) < 4.78 is 28.1. The fourth-order valence-electron chi connectivity index (χ4n) is 1.51. The van der Waals surface area contributed by atoms with Gasteiger partial charge in [0.05, 0.1) is 0 Å². The fraction of sp³-hybridized carbons (Fsp3) is 0.167. The second-order valence-corrected chi connectivity index (χ2v) is 7.72. The maximum atomic E-state index is 12.2. The zero-order valence-electron chi connectivity index (χ0n) is 10.2. The number of rotatable bonds is 4. The summed E-state index contributed by atoms with van der Waals surface area (Å²) in [5.41, 5.74) is 7.81. The van der Waals surface area contributed by atoms with Gasteiger partial charge in [-0.05, 0) is 47.7 Å². The Morgan fingerprint density at radius 1 is 1.37 bits per heavy atom. The molecule has 1 aromatic carbocycles. The highest BCUT2D eigenvalue weighted by atomic mass is 79.9. The monoisotopic (exact) mass is 360 g/mol. The van der Waals surface area contributed by atoms with E-state index in [9.17, 15) is 8.42 Å². The average molecular weight is 361 g/mol. The molecule has 0 unspecified atom stereocenters. The molecule has 0 aliphatic heterocycles. The summed E-state index contributed by atoms with van der Waals surface area (Å²) in [7, 11) is -3.53. The van der Waals surface area contributed by atoms with E-state index >= 15 is 0 Å². The Hall–Kier alpha value is -0.890. The van der Waals surface area contributed by atoms with Crippen molar-refractivity contribution in [3.8, 4) is 0 Å². The number of sulfonamides is 1. The Bertz CT molecular complexity index is 696. The molecular weight excluding hydrogens is 348 g/mol. The van der Waals surface area contributed by atoms with Crippen LogP contribution >= 0.6 is 27.3 Å². The molecule has 0 fully saturated rings. The Morgan fingerprint density at radius 2 is 2.11 bits per heavy atom. The van der Waals surface area contributed by atoms with E-state index in [1.165, 1.54) is 11.3 Å². The smallest absolute Gasteiger partial charge is 0.271 e. The summed E-state index contributed by atoms with van der Waals surface area (Å²) in [6.07, 6.45) is 0. The molecule has 0 bridgehead atoms. The third kappa shape index (κ3) is 3.36. The second-order valence-electron chi connectivity index (χ2n) is 4.05. The van der Waals surface area contributed by atoms with Gasteiger partial charge < -0.3 is 5.73 Å². The summed E-state index contributed by atoms with van der Waals surface area (Å²) in [5.74, 6) is 0. The van der Waals surface area contributed by atoms with Crippen LogP contribution in [0.25, 0.3) is 0 Å². The Balaban J connectivity index is 2.28. The zero-order valence-corrected chi connectivity index (χ0v) is 13.4. The van der Waals surface area contributed by atoms with Gasteiger partial charge in [-0.1, -0.05) is 15.9 Å². The van der Waals surface area contributed by atoms with Gasteiger partial charge in [-0.25, -0.2) is 8.42 Å². The van der Waals surface area contributed by atoms with Crippen molar-refractivity contribution < 1.29 is 8.42 Å². The topological polar surface area (TPSA) is 72.2 Å². The second kappa shape index (κ2) is 5.62. The highest BCUT2D eigenvalue weighted by Gasteiger charge is 2.16. The van der Waals surface area contributed by atoms with E-state index in [4.69, 9.17) is 5.73 Å². The molecule has 0 aliphatic rings. The van der Waals surface area contributed by atoms with Crippen molar-refractivity contribution in [2.24, 2.45) is 5.73 Å². The van der Waals surface area contributed by atoms with Crippen molar-refractivity contribution >= 4 is 43.0 Å². The Labute approximate surface area is 124 Å². The number of thiophene rings is 1. The summed E-state index contributed by atoms with van der Waals surface area (Å²) in [5, 5.41) is 1.75. The fourth-order valence-corrected chi connectivity index (χ4v) is 4.03. The molecule has 0 saturated carbocycles. The molecular formula is C12H13BrN2O2S2. The molecule has 0 amide bonds. The molecule has 0 saturated heterocycles. The minimum absolute atomic E-state index is 0.272. The lowest BCUT2D eigenvalue weighted by atomic mass is 10.2. The standard InChI is InChI=1S/C12H13BrN2O2S2/c1-8-4-10(2-3-11(8)13)15-19(16,17)12-5-9(6-14)7-18-12/h2-5,7,15H,6,14H2,1H3. The maximum Gasteiger partial charge on any atom is 0.271 e. The molecule has 0 spiro atoms. The first-order valence-corrected chi connectivity index (χ1v) is 8.64. The molecule has 0 radical (unpaired) electrons. The molecule has 7 heteroatoms. The van der Waals surface area contributed by atoms with E-state index in [2.05, 4.69) is 20.7 Å². The van der Waals surface area contributed by atoms with Crippen LogP contribution < -0.4 is 10.5 Å². The van der Waals surface area contributed by atoms with Gasteiger partial charge in [-0.3, -0.25) is 4.72 Å². The van der Waals surface area contributed by atoms with Crippen molar-refractivity contribution in [1.29, 1.82) is 0 Å². The minimum Gasteiger partial charge on any atom is -0.326 e. The van der Waals surface area contributed by atoms with Crippen molar-refractivity contribution in [1.82, 2.24) is 0 Å². The van der Waals surface area contributed by atoms with E-state index in [0.29, 0.717) is 12.2 Å². The largest absolute Gasteiger partial charge is 0.326 e. The van der Waals surface area contributed by atoms with Crippen LogP contribution in [-0.4, -0.2) is 8.42 Å². The van der Waals surface area contributed by atoms with Gasteiger partial charge in [-0.2, -0.15) is 0 Å². The van der Waals surface area contributed by atoms with E-state index in [1.807, 2.05) is 13.0 Å². The molecule has 0 atom stereocenters. The normalized spacial score (nSPS) is 11.5. The number of hydrogen-bond acceptors (Lipinski definition) is 4. The van der Waals surface area contributed by atoms with Gasteiger partial charge in [0, 0.05) is 16.7 Å². The molecule has 1 heterocycles. The van der Waals surface area contributed by atoms with Gasteiger partial charge in [0.25, 0.3) is 10.0 Å². The number of nitrogens with two attached hydrogens (primary N) is 1. The molecule has 2 rings (SSSR count). The lowest BCUT2D eigenvalue weighted by Gasteiger charge is -2.07. The van der Waals surface area contributed by atoms with Crippen LogP contribution in [0.3, 0.4) is 0 Å². The molecule has 3 N–H and O–H groups in total. The maximum absolute atomic E-state index is 12.2. The lowest BCUT2D eigenvalue weighted by Crippen LogP contribution is -2.11. The van der Waals surface area contributed by atoms with Crippen LogP contribution in [-0.2, 0) is 16.6 Å². The summed E-state index contributed by atoms with van der Waals surface area (Å²) in [6.45, 7) is 2.24. The molecule has 1 aromatic heterocycles. The third-order valence-corrected chi connectivity index (χ3v) is 6.30. The SMILES string of the molecule is Cc1cc(NS(=O)(=O)c2cc(CN)cs2)ccc1Br. The lowest BCUT2D eigenvalue weighted by molar-refractivity contribution is 0.603. The molecule has 0 aliphatic carbocycles. The average Bonchev–Trinajstić information content (AvgIpc) is 2.83. The first-order chi connectivity index (χ1) is 8.92. The predicted molar refractivity (Wildman–Crippen MR) is 81.9 cm³/mol. The zero-order chi connectivity index (χ0) is 14.0. The van der Waals surface area contributed by atoms with E-state index in [1.54, 1.807) is 23.6 Å². The number of benzene rings is 1. The molecule has 2 aromatic rings. The quantitative estimate of drug-likeness (QED) is 0.879. The van der Waals surface area contributed by atoms with Crippen molar-refractivity contribution in [3.63, 3.8) is 0 Å².